The van der Waals surface area contributed by atoms with Crippen molar-refractivity contribution in [2.45, 2.75) is 109 Å². The first-order valence-corrected chi connectivity index (χ1v) is 20.3. The molecular weight excluding hydrogens is 787 g/mol. The van der Waals surface area contributed by atoms with Crippen molar-refractivity contribution in [1.82, 2.24) is 4.90 Å². The quantitative estimate of drug-likeness (QED) is 0.0369. The average Bonchev–Trinajstić information content (AvgIpc) is 3.58. The van der Waals surface area contributed by atoms with Crippen LogP contribution in [0.2, 0.25) is 0 Å². The van der Waals surface area contributed by atoms with Gasteiger partial charge in [0, 0.05) is 0 Å². The number of nitrogens with zero attached hydrogens (tertiary/aromatic N) is 1. The predicted octanol–water partition coefficient (Wildman–Crippen LogP) is 7.95. The highest BCUT2D eigenvalue weighted by Gasteiger charge is 2.51. The molecule has 326 valence electrons. The number of ether oxygens (including phenoxy) is 3. The van der Waals surface area contributed by atoms with E-state index in [0.29, 0.717) is 0 Å². The number of benzene rings is 4. The van der Waals surface area contributed by atoms with Crippen LogP contribution < -0.4 is 0 Å². The second-order valence-corrected chi connectivity index (χ2v) is 16.0. The van der Waals surface area contributed by atoms with Crippen LogP contribution in [0, 0.1) is 0 Å². The summed E-state index contributed by atoms with van der Waals surface area (Å²) in [6, 6.07) is 37.0. The Morgan fingerprint density at radius 3 is 1.56 bits per heavy atom. The molecule has 61 heavy (non-hydrogen) atoms. The maximum atomic E-state index is 14.1. The van der Waals surface area contributed by atoms with Gasteiger partial charge in [0.1, 0.15) is 62.6 Å². The van der Waals surface area contributed by atoms with E-state index in [1.807, 2.05) is 121 Å². The predicted molar refractivity (Wildman–Crippen MR) is 220 cm³/mol. The van der Waals surface area contributed by atoms with Crippen molar-refractivity contribution in [3.8, 4) is 0 Å². The van der Waals surface area contributed by atoms with Crippen molar-refractivity contribution in [1.29, 1.82) is 0 Å². The van der Waals surface area contributed by atoms with E-state index in [-0.39, 0.29) is 39.6 Å². The fourth-order valence-electron chi connectivity index (χ4n) is 6.60. The third kappa shape index (κ3) is 13.8. The summed E-state index contributed by atoms with van der Waals surface area (Å²) in [6.07, 6.45) is -3.17. The van der Waals surface area contributed by atoms with Crippen LogP contribution in [0.1, 0.15) is 56.9 Å². The van der Waals surface area contributed by atoms with Crippen LogP contribution in [0.3, 0.4) is 0 Å². The summed E-state index contributed by atoms with van der Waals surface area (Å²) < 4.78 is 18.2. The van der Waals surface area contributed by atoms with Crippen molar-refractivity contribution >= 4 is 11.9 Å². The van der Waals surface area contributed by atoms with Gasteiger partial charge in [0.05, 0.1) is 6.61 Å². The maximum absolute atomic E-state index is 14.1. The van der Waals surface area contributed by atoms with E-state index in [2.05, 4.69) is 0 Å². The highest BCUT2D eigenvalue weighted by molar-refractivity contribution is 5.97. The summed E-state index contributed by atoms with van der Waals surface area (Å²) in [4.78, 5) is 76.1. The molecule has 14 nitrogen and oxygen atoms in total. The molecule has 0 bridgehead atoms. The molecule has 0 spiro atoms. The van der Waals surface area contributed by atoms with Gasteiger partial charge in [0.2, 0.25) is 0 Å². The Hall–Kier alpha value is -4.84. The molecule has 0 N–H and O–H groups in total. The van der Waals surface area contributed by atoms with Crippen LogP contribution in [0.25, 0.3) is 0 Å². The maximum Gasteiger partial charge on any atom is 0.413 e. The van der Waals surface area contributed by atoms with Crippen LogP contribution in [0.4, 0.5) is 4.79 Å². The molecule has 0 aliphatic carbocycles. The van der Waals surface area contributed by atoms with Gasteiger partial charge in [-0.3, -0.25) is 9.69 Å². The molecule has 0 radical (unpaired) electrons. The number of hydrogen-bond donors (Lipinski definition) is 0. The molecule has 2 fully saturated rings. The van der Waals surface area contributed by atoms with E-state index in [1.165, 1.54) is 17.1 Å². The largest absolute Gasteiger partial charge is 0.444 e. The highest BCUT2D eigenvalue weighted by Crippen LogP contribution is 2.33. The van der Waals surface area contributed by atoms with Gasteiger partial charge in [-0.15, -0.1) is 0 Å². The fourth-order valence-corrected chi connectivity index (χ4v) is 6.60. The number of amides is 1. The van der Waals surface area contributed by atoms with E-state index >= 15 is 0 Å². The van der Waals surface area contributed by atoms with Crippen molar-refractivity contribution in [3.63, 3.8) is 0 Å². The van der Waals surface area contributed by atoms with Crippen molar-refractivity contribution in [2.24, 2.45) is 0 Å². The van der Waals surface area contributed by atoms with Gasteiger partial charge in [-0.2, -0.15) is 0 Å². The molecule has 2 aliphatic heterocycles. The minimum Gasteiger partial charge on any atom is -0.444 e. The number of hydrogen-bond acceptors (Lipinski definition) is 13. The Labute approximate surface area is 356 Å². The summed E-state index contributed by atoms with van der Waals surface area (Å²) in [6.45, 7) is 8.85. The summed E-state index contributed by atoms with van der Waals surface area (Å²) in [5.41, 5.74) is 1.51. The molecule has 0 unspecified atom stereocenters. The first kappa shape index (κ1) is 45.7. The minimum atomic E-state index is -1.13. The summed E-state index contributed by atoms with van der Waals surface area (Å²) in [5.74, 6) is -0.439. The monoisotopic (exact) mass is 841 g/mol. The lowest BCUT2D eigenvalue weighted by Gasteiger charge is -2.42. The Kier molecular flexibility index (Phi) is 16.7. The van der Waals surface area contributed by atoms with E-state index < -0.39 is 59.8 Å². The lowest BCUT2D eigenvalue weighted by molar-refractivity contribution is -0.468. The van der Waals surface area contributed by atoms with E-state index in [1.54, 1.807) is 34.6 Å². The molecule has 0 saturated carbocycles. The van der Waals surface area contributed by atoms with E-state index in [4.69, 9.17) is 53.3 Å². The number of rotatable bonds is 20. The standard InChI is InChI=1S/C47H55NO13/c1-46(2,3)58-45(50)48-38(32-51-47(48,4)5)39(49)26-27-40-42(59-54-29-35-20-12-7-13-21-35)44(61-56-31-37-24-16-9-17-25-37)43(60-55-30-36-22-14-8-15-23-36)41(57-40)33-53-52-28-34-18-10-6-11-19-34/h6-27,38,40-44H,28-33H2,1-5H3/b27-26+/t38-,40+,41-,42-,43-,44-/m1/s1. The lowest BCUT2D eigenvalue weighted by atomic mass is 9.94. The smallest absolute Gasteiger partial charge is 0.413 e. The Morgan fingerprint density at radius 2 is 1.08 bits per heavy atom. The normalized spacial score (nSPS) is 22.7. The molecule has 1 amide bonds. The number of carbonyl (C=O) groups excluding carboxylic acids is 2. The Morgan fingerprint density at radius 1 is 0.639 bits per heavy atom. The second kappa shape index (κ2) is 22.3. The zero-order valence-corrected chi connectivity index (χ0v) is 35.2. The minimum absolute atomic E-state index is 0.0516. The van der Waals surface area contributed by atoms with Crippen LogP contribution in [0.5, 0.6) is 0 Å². The van der Waals surface area contributed by atoms with Crippen LogP contribution in [0.15, 0.2) is 133 Å². The molecular formula is C47H55NO13. The summed E-state index contributed by atoms with van der Waals surface area (Å²) in [7, 11) is 0. The molecule has 2 heterocycles. The van der Waals surface area contributed by atoms with Gasteiger partial charge in [-0.1, -0.05) is 121 Å². The third-order valence-electron chi connectivity index (χ3n) is 9.65. The van der Waals surface area contributed by atoms with E-state index in [0.717, 1.165) is 22.3 Å². The summed E-state index contributed by atoms with van der Waals surface area (Å²) >= 11 is 0. The van der Waals surface area contributed by atoms with Gasteiger partial charge in [0.25, 0.3) is 0 Å². The molecule has 6 rings (SSSR count). The number of carbonyl (C=O) groups is 2. The zero-order valence-electron chi connectivity index (χ0n) is 35.2. The average molecular weight is 842 g/mol. The Balaban J connectivity index is 1.29. The van der Waals surface area contributed by atoms with Gasteiger partial charge in [-0.05, 0) is 69.0 Å². The fraction of sp³-hybridized carbons (Fsp3) is 0.404. The van der Waals surface area contributed by atoms with Crippen molar-refractivity contribution < 1.29 is 62.9 Å². The molecule has 4 aromatic rings. The lowest BCUT2D eigenvalue weighted by Crippen LogP contribution is -2.61. The second-order valence-electron chi connectivity index (χ2n) is 16.0. The SMILES string of the molecule is CC(C)(C)OC(=O)N1[C@@H](C(=O)/C=C/[C@@H]2O[C@H](COOCc3ccccc3)[C@@H](OOCc3ccccc3)[C@H](OOCc3ccccc3)[C@@H]2OOCc2ccccc2)COC1(C)C. The first-order chi connectivity index (χ1) is 29.5. The zero-order chi connectivity index (χ0) is 43.1. The van der Waals surface area contributed by atoms with Crippen LogP contribution in [-0.2, 0) is 84.5 Å². The molecule has 2 aliphatic rings. The third-order valence-corrected chi connectivity index (χ3v) is 9.65. The van der Waals surface area contributed by atoms with Crippen LogP contribution >= 0.6 is 0 Å². The molecule has 0 aromatic heterocycles. The molecule has 14 heteroatoms. The molecule has 6 atom stereocenters. The first-order valence-electron chi connectivity index (χ1n) is 20.3. The number of ketones is 1. The molecule has 2 saturated heterocycles. The van der Waals surface area contributed by atoms with Gasteiger partial charge >= 0.3 is 6.09 Å². The van der Waals surface area contributed by atoms with Gasteiger partial charge in [0.15, 0.2) is 24.1 Å². The van der Waals surface area contributed by atoms with Crippen molar-refractivity contribution in [3.05, 3.63) is 156 Å². The van der Waals surface area contributed by atoms with Crippen LogP contribution in [-0.4, -0.2) is 77.9 Å². The van der Waals surface area contributed by atoms with Gasteiger partial charge < -0.3 is 14.2 Å². The highest BCUT2D eigenvalue weighted by atomic mass is 17.2. The van der Waals surface area contributed by atoms with Crippen molar-refractivity contribution in [2.75, 3.05) is 13.2 Å². The van der Waals surface area contributed by atoms with Gasteiger partial charge in [-0.25, -0.2) is 43.9 Å². The molecule has 4 aromatic carbocycles. The summed E-state index contributed by atoms with van der Waals surface area (Å²) in [5, 5.41) is 0. The van der Waals surface area contributed by atoms with E-state index in [9.17, 15) is 9.59 Å². The Bertz CT molecular complexity index is 1940. The topological polar surface area (TPSA) is 139 Å².